The molecule has 5 heteroatoms. The lowest BCUT2D eigenvalue weighted by Gasteiger charge is -2.36. The number of halogens is 1. The van der Waals surface area contributed by atoms with Crippen molar-refractivity contribution in [1.82, 2.24) is 10.2 Å². The van der Waals surface area contributed by atoms with Gasteiger partial charge in [-0.15, -0.1) is 0 Å². The van der Waals surface area contributed by atoms with Gasteiger partial charge in [0.2, 0.25) is 5.91 Å². The Balaban J connectivity index is 1.30. The Labute approximate surface area is 183 Å². The third-order valence-corrected chi connectivity index (χ3v) is 5.74. The Morgan fingerprint density at radius 2 is 1.55 bits per heavy atom. The molecular formula is C26H28FN3O. The number of benzene rings is 3. The van der Waals surface area contributed by atoms with E-state index in [0.29, 0.717) is 12.1 Å². The van der Waals surface area contributed by atoms with Gasteiger partial charge in [0.25, 0.3) is 0 Å². The summed E-state index contributed by atoms with van der Waals surface area (Å²) in [5.41, 5.74) is 4.33. The van der Waals surface area contributed by atoms with Crippen LogP contribution in [0.5, 0.6) is 0 Å². The highest BCUT2D eigenvalue weighted by atomic mass is 19.1. The number of piperazine rings is 1. The van der Waals surface area contributed by atoms with Crippen LogP contribution >= 0.6 is 0 Å². The van der Waals surface area contributed by atoms with E-state index in [2.05, 4.69) is 51.5 Å². The second kappa shape index (κ2) is 10.2. The zero-order chi connectivity index (χ0) is 21.5. The van der Waals surface area contributed by atoms with Gasteiger partial charge in [-0.25, -0.2) is 4.39 Å². The first kappa shape index (κ1) is 21.1. The largest absolute Gasteiger partial charge is 0.369 e. The van der Waals surface area contributed by atoms with Gasteiger partial charge in [0.15, 0.2) is 0 Å². The maximum atomic E-state index is 13.3. The lowest BCUT2D eigenvalue weighted by atomic mass is 10.1. The molecule has 3 aromatic rings. The van der Waals surface area contributed by atoms with Crippen LogP contribution in [-0.2, 0) is 24.3 Å². The average Bonchev–Trinajstić information content (AvgIpc) is 2.80. The first-order chi connectivity index (χ1) is 15.2. The molecule has 3 aromatic carbocycles. The van der Waals surface area contributed by atoms with Gasteiger partial charge in [-0.1, -0.05) is 54.6 Å². The van der Waals surface area contributed by atoms with Crippen molar-refractivity contribution in [3.8, 4) is 0 Å². The van der Waals surface area contributed by atoms with Crippen LogP contribution in [0.15, 0.2) is 78.9 Å². The van der Waals surface area contributed by atoms with Crippen molar-refractivity contribution in [2.45, 2.75) is 19.5 Å². The second-order valence-corrected chi connectivity index (χ2v) is 7.95. The zero-order valence-electron chi connectivity index (χ0n) is 17.6. The van der Waals surface area contributed by atoms with Gasteiger partial charge >= 0.3 is 0 Å². The van der Waals surface area contributed by atoms with Gasteiger partial charge in [0.1, 0.15) is 5.82 Å². The van der Waals surface area contributed by atoms with E-state index in [0.717, 1.165) is 38.3 Å². The number of para-hydroxylation sites is 1. The Morgan fingerprint density at radius 1 is 0.839 bits per heavy atom. The highest BCUT2D eigenvalue weighted by Gasteiger charge is 2.18. The molecule has 0 atom stereocenters. The maximum absolute atomic E-state index is 13.3. The number of nitrogens with zero attached hydrogens (tertiary/aromatic N) is 2. The van der Waals surface area contributed by atoms with Crippen LogP contribution in [0.4, 0.5) is 10.1 Å². The summed E-state index contributed by atoms with van der Waals surface area (Å²) < 4.78 is 13.3. The molecule has 1 heterocycles. The molecule has 1 aliphatic heterocycles. The predicted octanol–water partition coefficient (Wildman–Crippen LogP) is 4.01. The maximum Gasteiger partial charge on any atom is 0.224 e. The minimum absolute atomic E-state index is 0.100. The summed E-state index contributed by atoms with van der Waals surface area (Å²) in [5.74, 6) is -0.417. The number of carbonyl (C=O) groups excluding carboxylic acids is 1. The molecule has 160 valence electrons. The van der Waals surface area contributed by atoms with Gasteiger partial charge in [0.05, 0.1) is 6.42 Å². The topological polar surface area (TPSA) is 35.6 Å². The highest BCUT2D eigenvalue weighted by Crippen LogP contribution is 2.18. The van der Waals surface area contributed by atoms with Crippen molar-refractivity contribution in [3.05, 3.63) is 101 Å². The van der Waals surface area contributed by atoms with E-state index in [1.807, 2.05) is 18.2 Å². The summed E-state index contributed by atoms with van der Waals surface area (Å²) in [6.07, 6.45) is 0.182. The molecule has 0 saturated carbocycles. The lowest BCUT2D eigenvalue weighted by Crippen LogP contribution is -2.46. The molecular weight excluding hydrogens is 389 g/mol. The zero-order valence-corrected chi connectivity index (χ0v) is 17.6. The van der Waals surface area contributed by atoms with Gasteiger partial charge in [0, 0.05) is 45.0 Å². The van der Waals surface area contributed by atoms with Crippen molar-refractivity contribution in [2.75, 3.05) is 31.1 Å². The van der Waals surface area contributed by atoms with Crippen molar-refractivity contribution in [1.29, 1.82) is 0 Å². The molecule has 31 heavy (non-hydrogen) atoms. The van der Waals surface area contributed by atoms with Gasteiger partial charge in [-0.2, -0.15) is 0 Å². The smallest absolute Gasteiger partial charge is 0.224 e. The molecule has 4 rings (SSSR count). The number of rotatable bonds is 7. The Hall–Kier alpha value is -3.18. The number of amides is 1. The van der Waals surface area contributed by atoms with Crippen molar-refractivity contribution < 1.29 is 9.18 Å². The van der Waals surface area contributed by atoms with Crippen molar-refractivity contribution in [2.24, 2.45) is 0 Å². The quantitative estimate of drug-likeness (QED) is 0.631. The molecule has 4 nitrogen and oxygen atoms in total. The fourth-order valence-electron chi connectivity index (χ4n) is 4.02. The summed E-state index contributed by atoms with van der Waals surface area (Å²) in [7, 11) is 0. The fraction of sp³-hybridized carbons (Fsp3) is 0.269. The Morgan fingerprint density at radius 3 is 2.29 bits per heavy atom. The van der Waals surface area contributed by atoms with E-state index in [-0.39, 0.29) is 18.1 Å². The van der Waals surface area contributed by atoms with Crippen LogP contribution in [0, 0.1) is 5.82 Å². The Kier molecular flexibility index (Phi) is 6.95. The molecule has 0 radical (unpaired) electrons. The average molecular weight is 418 g/mol. The van der Waals surface area contributed by atoms with Gasteiger partial charge in [-0.05, 0) is 41.0 Å². The minimum atomic E-state index is -0.317. The third-order valence-electron chi connectivity index (χ3n) is 5.74. The number of carbonyl (C=O) groups is 1. The van der Waals surface area contributed by atoms with Crippen molar-refractivity contribution >= 4 is 11.6 Å². The molecule has 1 aliphatic rings. The summed E-state index contributed by atoms with van der Waals surface area (Å²) in [4.78, 5) is 17.2. The van der Waals surface area contributed by atoms with E-state index in [1.165, 1.54) is 23.4 Å². The summed E-state index contributed by atoms with van der Waals surface area (Å²) in [5, 5.41) is 2.98. The standard InChI is InChI=1S/C26H28FN3O/c27-24-10-6-7-21(17-24)18-26(31)28-19-22-8-4-5-9-23(22)20-29-13-15-30(16-14-29)25-11-2-1-3-12-25/h1-12,17H,13-16,18-20H2,(H,28,31). The van der Waals surface area contributed by atoms with Crippen LogP contribution in [0.3, 0.4) is 0 Å². The van der Waals surface area contributed by atoms with Crippen molar-refractivity contribution in [3.63, 3.8) is 0 Å². The summed E-state index contributed by atoms with van der Waals surface area (Å²) in [6.45, 7) is 5.39. The lowest BCUT2D eigenvalue weighted by molar-refractivity contribution is -0.120. The van der Waals surface area contributed by atoms with Crippen LogP contribution in [-0.4, -0.2) is 37.0 Å². The second-order valence-electron chi connectivity index (χ2n) is 7.95. The van der Waals surface area contributed by atoms with E-state index >= 15 is 0 Å². The highest BCUT2D eigenvalue weighted by molar-refractivity contribution is 5.78. The summed E-state index contributed by atoms with van der Waals surface area (Å²) in [6, 6.07) is 25.0. The minimum Gasteiger partial charge on any atom is -0.369 e. The summed E-state index contributed by atoms with van der Waals surface area (Å²) >= 11 is 0. The fourth-order valence-corrected chi connectivity index (χ4v) is 4.02. The SMILES string of the molecule is O=C(Cc1cccc(F)c1)NCc1ccccc1CN1CCN(c2ccccc2)CC1. The number of anilines is 1. The van der Waals surface area contributed by atoms with Crippen LogP contribution in [0.25, 0.3) is 0 Å². The monoisotopic (exact) mass is 417 g/mol. The predicted molar refractivity (Wildman–Crippen MR) is 122 cm³/mol. The van der Waals surface area contributed by atoms with E-state index in [4.69, 9.17) is 0 Å². The van der Waals surface area contributed by atoms with E-state index in [9.17, 15) is 9.18 Å². The normalized spacial score (nSPS) is 14.4. The van der Waals surface area contributed by atoms with Crippen LogP contribution < -0.4 is 10.2 Å². The Bertz CT molecular complexity index is 1000. The number of nitrogens with one attached hydrogen (secondary N) is 1. The molecule has 0 aliphatic carbocycles. The number of hydrogen-bond acceptors (Lipinski definition) is 3. The molecule has 1 N–H and O–H groups in total. The van der Waals surface area contributed by atoms with Crippen LogP contribution in [0.2, 0.25) is 0 Å². The molecule has 1 saturated heterocycles. The number of hydrogen-bond donors (Lipinski definition) is 1. The molecule has 0 unspecified atom stereocenters. The molecule has 0 spiro atoms. The molecule has 0 aromatic heterocycles. The third kappa shape index (κ3) is 5.92. The van der Waals surface area contributed by atoms with Gasteiger partial charge in [-0.3, -0.25) is 9.69 Å². The van der Waals surface area contributed by atoms with Crippen LogP contribution in [0.1, 0.15) is 16.7 Å². The van der Waals surface area contributed by atoms with Gasteiger partial charge < -0.3 is 10.2 Å². The van der Waals surface area contributed by atoms with E-state index < -0.39 is 0 Å². The molecule has 1 fully saturated rings. The first-order valence-corrected chi connectivity index (χ1v) is 10.8. The molecule has 0 bridgehead atoms. The molecule has 1 amide bonds. The first-order valence-electron chi connectivity index (χ1n) is 10.8. The van der Waals surface area contributed by atoms with E-state index in [1.54, 1.807) is 12.1 Å².